The van der Waals surface area contributed by atoms with Gasteiger partial charge in [-0.25, -0.2) is 0 Å². The van der Waals surface area contributed by atoms with Crippen molar-refractivity contribution in [1.29, 1.82) is 0 Å². The first kappa shape index (κ1) is 16.0. The highest BCUT2D eigenvalue weighted by atomic mass is 19.4. The molecule has 0 radical (unpaired) electrons. The molecule has 28 heavy (non-hydrogen) atoms. The fraction of sp³-hybridized carbons (Fsp3) is 0.250. The summed E-state index contributed by atoms with van der Waals surface area (Å²) in [4.78, 5) is 11.9. The van der Waals surface area contributed by atoms with E-state index in [-0.39, 0.29) is 18.9 Å². The lowest BCUT2D eigenvalue weighted by atomic mass is 9.92. The second kappa shape index (κ2) is 7.93. The van der Waals surface area contributed by atoms with Gasteiger partial charge >= 0.3 is 6.36 Å². The van der Waals surface area contributed by atoms with Crippen molar-refractivity contribution in [2.75, 3.05) is 6.61 Å². The highest BCUT2D eigenvalue weighted by Crippen LogP contribution is 2.41. The van der Waals surface area contributed by atoms with E-state index in [4.69, 9.17) is 8.85 Å². The molecule has 3 rings (SSSR count). The number of carbonyl (C=O) groups excluding carboxylic acids is 1. The van der Waals surface area contributed by atoms with Crippen LogP contribution in [0.4, 0.5) is 13.2 Å². The van der Waals surface area contributed by atoms with Gasteiger partial charge in [0.05, 0.1) is 17.3 Å². The number of hydrogen-bond acceptors (Lipinski definition) is 4. The Morgan fingerprint density at radius 1 is 1.43 bits per heavy atom. The van der Waals surface area contributed by atoms with Gasteiger partial charge in [0.25, 0.3) is 0 Å². The summed E-state index contributed by atoms with van der Waals surface area (Å²) in [5.74, 6) is -0.773. The number of carbonyl (C=O) groups is 1. The fourth-order valence-corrected chi connectivity index (χ4v) is 3.13. The van der Waals surface area contributed by atoms with Crippen LogP contribution in [0, 0.1) is 0 Å². The molecule has 0 bridgehead atoms. The van der Waals surface area contributed by atoms with E-state index in [9.17, 15) is 23.1 Å². The molecule has 0 aliphatic carbocycles. The third-order valence-electron chi connectivity index (χ3n) is 4.30. The van der Waals surface area contributed by atoms with Crippen LogP contribution in [-0.2, 0) is 24.4 Å². The average Bonchev–Trinajstić information content (AvgIpc) is 3.19. The summed E-state index contributed by atoms with van der Waals surface area (Å²) in [6.45, 7) is -0.980. The van der Waals surface area contributed by atoms with E-state index >= 15 is 0 Å². The number of aliphatic hydroxyl groups is 1. The van der Waals surface area contributed by atoms with Gasteiger partial charge in [-0.3, -0.25) is 4.79 Å². The summed E-state index contributed by atoms with van der Waals surface area (Å²) < 4.78 is 68.3. The molecular formula is C20H18F3NO4. The van der Waals surface area contributed by atoms with Crippen molar-refractivity contribution in [3.63, 3.8) is 0 Å². The first-order chi connectivity index (χ1) is 14.6. The molecule has 2 N–H and O–H groups in total. The zero-order valence-electron chi connectivity index (χ0n) is 17.5. The smallest absolute Gasteiger partial charge is 0.492 e. The van der Waals surface area contributed by atoms with Crippen LogP contribution < -0.4 is 14.8 Å². The number of benzene rings is 2. The quantitative estimate of drug-likeness (QED) is 0.734. The molecule has 1 aliphatic heterocycles. The molecule has 0 saturated carbocycles. The lowest BCUT2D eigenvalue weighted by Gasteiger charge is -2.17. The molecule has 148 valence electrons. The van der Waals surface area contributed by atoms with Gasteiger partial charge in [0.2, 0.25) is 5.91 Å². The predicted octanol–water partition coefficient (Wildman–Crippen LogP) is 3.48. The molecule has 5 nitrogen and oxygen atoms in total. The Morgan fingerprint density at radius 2 is 2.18 bits per heavy atom. The first-order valence-electron chi connectivity index (χ1n) is 9.80. The highest BCUT2D eigenvalue weighted by Gasteiger charge is 2.31. The maximum absolute atomic E-state index is 12.4. The average molecular weight is 396 g/mol. The van der Waals surface area contributed by atoms with Crippen molar-refractivity contribution in [2.24, 2.45) is 0 Å². The lowest BCUT2D eigenvalue weighted by Crippen LogP contribution is -2.21. The van der Waals surface area contributed by atoms with Crippen LogP contribution in [-0.4, -0.2) is 24.0 Å². The Morgan fingerprint density at radius 3 is 2.82 bits per heavy atom. The van der Waals surface area contributed by atoms with Crippen molar-refractivity contribution in [3.8, 4) is 22.6 Å². The lowest BCUT2D eigenvalue weighted by molar-refractivity contribution is -0.274. The molecule has 1 heterocycles. The van der Waals surface area contributed by atoms with Gasteiger partial charge < -0.3 is 19.9 Å². The molecular weight excluding hydrogens is 375 g/mol. The second-order valence-corrected chi connectivity index (χ2v) is 6.01. The number of amides is 1. The van der Waals surface area contributed by atoms with Crippen molar-refractivity contribution < 1.29 is 36.7 Å². The van der Waals surface area contributed by atoms with Gasteiger partial charge in [-0.2, -0.15) is 0 Å². The standard InChI is InChI=1S/C20H18F3NO4/c1-2-18(26)24-10-13-9-16(19-15(7-8-27-19)17(13)11-25)12-3-5-14(6-4-12)28-20(21,22)23/h2-6,9,25H,1,7-8,10-11H2,(H,24,26)/i1D2,2D. The molecule has 2 aromatic carbocycles. The monoisotopic (exact) mass is 396 g/mol. The van der Waals surface area contributed by atoms with Gasteiger partial charge in [0, 0.05) is 24.1 Å². The minimum Gasteiger partial charge on any atom is -0.492 e. The number of fused-ring (bicyclic) bond motifs is 1. The Bertz CT molecular complexity index is 1020. The summed E-state index contributed by atoms with van der Waals surface area (Å²) in [6, 6.07) is 6.08. The zero-order valence-corrected chi connectivity index (χ0v) is 14.5. The van der Waals surface area contributed by atoms with Gasteiger partial charge in [-0.05, 0) is 40.9 Å². The summed E-state index contributed by atoms with van der Waals surface area (Å²) in [6.07, 6.45) is -4.30. The molecule has 8 heteroatoms. The summed E-state index contributed by atoms with van der Waals surface area (Å²) in [5.41, 5.74) is 2.90. The normalized spacial score (nSPS) is 14.2. The number of ether oxygens (including phenoxy) is 2. The van der Waals surface area contributed by atoms with Gasteiger partial charge in [-0.1, -0.05) is 18.7 Å². The molecule has 1 amide bonds. The number of aliphatic hydroxyl groups excluding tert-OH is 1. The van der Waals surface area contributed by atoms with Crippen LogP contribution in [0.1, 0.15) is 20.8 Å². The Kier molecular flexibility index (Phi) is 4.53. The number of alkyl halides is 3. The predicted molar refractivity (Wildman–Crippen MR) is 95.7 cm³/mol. The summed E-state index contributed by atoms with van der Waals surface area (Å²) in [7, 11) is 0. The number of halogens is 3. The maximum Gasteiger partial charge on any atom is 0.573 e. The number of rotatable bonds is 6. The Balaban J connectivity index is 1.96. The van der Waals surface area contributed by atoms with Crippen LogP contribution in [0.15, 0.2) is 42.9 Å². The molecule has 0 saturated heterocycles. The largest absolute Gasteiger partial charge is 0.573 e. The second-order valence-electron chi connectivity index (χ2n) is 6.01. The fourth-order valence-electron chi connectivity index (χ4n) is 3.13. The zero-order chi connectivity index (χ0) is 22.8. The topological polar surface area (TPSA) is 67.8 Å². The van der Waals surface area contributed by atoms with Crippen molar-refractivity contribution in [3.05, 3.63) is 59.6 Å². The van der Waals surface area contributed by atoms with Gasteiger partial charge in [0.15, 0.2) is 0 Å². The van der Waals surface area contributed by atoms with E-state index in [1.807, 2.05) is 0 Å². The van der Waals surface area contributed by atoms with E-state index < -0.39 is 24.9 Å². The van der Waals surface area contributed by atoms with E-state index in [1.165, 1.54) is 24.3 Å². The Labute approximate surface area is 163 Å². The van der Waals surface area contributed by atoms with E-state index in [1.54, 1.807) is 6.07 Å². The highest BCUT2D eigenvalue weighted by molar-refractivity contribution is 5.87. The van der Waals surface area contributed by atoms with E-state index in [0.717, 1.165) is 5.56 Å². The minimum atomic E-state index is -4.80. The molecule has 0 aromatic heterocycles. The molecule has 0 atom stereocenters. The maximum atomic E-state index is 12.4. The van der Waals surface area contributed by atoms with Gasteiger partial charge in [-0.15, -0.1) is 13.2 Å². The molecule has 0 spiro atoms. The van der Waals surface area contributed by atoms with E-state index in [0.29, 0.717) is 41.0 Å². The molecule has 0 fully saturated rings. The van der Waals surface area contributed by atoms with Crippen LogP contribution in [0.5, 0.6) is 11.5 Å². The summed E-state index contributed by atoms with van der Waals surface area (Å²) in [5, 5.41) is 12.3. The minimum absolute atomic E-state index is 0.0834. The SMILES string of the molecule is [2H]C([2H])=C([2H])C(=O)NCc1cc(-c2ccc(OC(F)(F)F)cc2)c2c(c1CO)CCO2. The van der Waals surface area contributed by atoms with E-state index in [2.05, 4.69) is 10.1 Å². The third kappa shape index (κ3) is 4.28. The van der Waals surface area contributed by atoms with Crippen LogP contribution in [0.2, 0.25) is 0 Å². The number of hydrogen-bond donors (Lipinski definition) is 2. The van der Waals surface area contributed by atoms with Gasteiger partial charge in [0.1, 0.15) is 11.5 Å². The van der Waals surface area contributed by atoms with Crippen molar-refractivity contribution in [2.45, 2.75) is 25.9 Å². The molecule has 0 unspecified atom stereocenters. The molecule has 1 aliphatic rings. The van der Waals surface area contributed by atoms with Crippen LogP contribution >= 0.6 is 0 Å². The number of nitrogens with one attached hydrogen (secondary N) is 1. The Hall–Kier alpha value is -3.00. The first-order valence-corrected chi connectivity index (χ1v) is 8.30. The third-order valence-corrected chi connectivity index (χ3v) is 4.30. The van der Waals surface area contributed by atoms with Crippen LogP contribution in [0.25, 0.3) is 11.1 Å². The van der Waals surface area contributed by atoms with Crippen molar-refractivity contribution >= 4 is 5.91 Å². The van der Waals surface area contributed by atoms with Crippen LogP contribution in [0.3, 0.4) is 0 Å². The van der Waals surface area contributed by atoms with Crippen molar-refractivity contribution in [1.82, 2.24) is 5.32 Å². The molecule has 2 aromatic rings. The summed E-state index contributed by atoms with van der Waals surface area (Å²) >= 11 is 0.